The van der Waals surface area contributed by atoms with E-state index in [1.807, 2.05) is 6.92 Å². The lowest BCUT2D eigenvalue weighted by atomic mass is 10.3. The van der Waals surface area contributed by atoms with Gasteiger partial charge in [-0.1, -0.05) is 12.8 Å². The van der Waals surface area contributed by atoms with Crippen molar-refractivity contribution in [2.75, 3.05) is 6.61 Å². The van der Waals surface area contributed by atoms with Crippen LogP contribution < -0.4 is 0 Å². The Morgan fingerprint density at radius 2 is 2.10 bits per heavy atom. The molecule has 0 N–H and O–H groups in total. The summed E-state index contributed by atoms with van der Waals surface area (Å²) in [5.41, 5.74) is 0. The monoisotopic (exact) mass is 143 g/mol. The van der Waals surface area contributed by atoms with Crippen LogP contribution in [0.2, 0.25) is 0 Å². The van der Waals surface area contributed by atoms with Gasteiger partial charge in [0.15, 0.2) is 0 Å². The highest BCUT2D eigenvalue weighted by molar-refractivity contribution is 4.66. The molecule has 0 aromatic rings. The summed E-state index contributed by atoms with van der Waals surface area (Å²) in [5.74, 6) is 0. The Bertz CT molecular complexity index is 77.3. The van der Waals surface area contributed by atoms with E-state index in [1.165, 1.54) is 32.5 Å². The van der Waals surface area contributed by atoms with Crippen LogP contribution in [0.25, 0.3) is 0 Å². The molecule has 1 aliphatic rings. The van der Waals surface area contributed by atoms with E-state index in [9.17, 15) is 0 Å². The molecule has 0 saturated heterocycles. The zero-order valence-electron chi connectivity index (χ0n) is 6.51. The smallest absolute Gasteiger partial charge is 0.209 e. The fourth-order valence-corrected chi connectivity index (χ4v) is 1.21. The van der Waals surface area contributed by atoms with Gasteiger partial charge in [-0.25, -0.2) is 0 Å². The molecule has 2 nitrogen and oxygen atoms in total. The molecule has 0 amide bonds. The van der Waals surface area contributed by atoms with Crippen molar-refractivity contribution in [2.24, 2.45) is 0 Å². The van der Waals surface area contributed by atoms with E-state index >= 15 is 0 Å². The standard InChI is InChI=1S/C8H15O2/c1-2-9-7-10-8-5-3-4-6-8/h7-8H,2-6H2,1H3. The van der Waals surface area contributed by atoms with Gasteiger partial charge in [-0.2, -0.15) is 0 Å². The van der Waals surface area contributed by atoms with E-state index in [0.29, 0.717) is 12.7 Å². The van der Waals surface area contributed by atoms with Crippen molar-refractivity contribution in [1.29, 1.82) is 0 Å². The highest BCUT2D eigenvalue weighted by Crippen LogP contribution is 2.21. The lowest BCUT2D eigenvalue weighted by Gasteiger charge is -2.08. The Kier molecular flexibility index (Phi) is 3.76. The number of hydrogen-bond acceptors (Lipinski definition) is 2. The fraction of sp³-hybridized carbons (Fsp3) is 0.875. The van der Waals surface area contributed by atoms with Crippen LogP contribution in [0.4, 0.5) is 0 Å². The lowest BCUT2D eigenvalue weighted by Crippen LogP contribution is -2.06. The quantitative estimate of drug-likeness (QED) is 0.561. The summed E-state index contributed by atoms with van der Waals surface area (Å²) in [7, 11) is 0. The molecule has 0 heterocycles. The Hall–Kier alpha value is -0.0800. The molecule has 2 heteroatoms. The molecule has 0 aliphatic heterocycles. The van der Waals surface area contributed by atoms with E-state index in [1.54, 1.807) is 0 Å². The average molecular weight is 143 g/mol. The zero-order chi connectivity index (χ0) is 7.23. The first-order valence-corrected chi connectivity index (χ1v) is 4.02. The molecular weight excluding hydrogens is 128 g/mol. The third kappa shape index (κ3) is 2.67. The fourth-order valence-electron chi connectivity index (χ4n) is 1.21. The van der Waals surface area contributed by atoms with Crippen LogP contribution in [0.15, 0.2) is 0 Å². The molecule has 0 aromatic carbocycles. The minimum absolute atomic E-state index is 0.437. The van der Waals surface area contributed by atoms with Crippen molar-refractivity contribution in [3.63, 3.8) is 0 Å². The molecule has 0 spiro atoms. The maximum Gasteiger partial charge on any atom is 0.209 e. The number of ether oxygens (including phenoxy) is 2. The van der Waals surface area contributed by atoms with Gasteiger partial charge in [0, 0.05) is 6.61 Å². The Morgan fingerprint density at radius 1 is 1.40 bits per heavy atom. The first-order chi connectivity index (χ1) is 4.93. The Morgan fingerprint density at radius 3 is 2.70 bits per heavy atom. The van der Waals surface area contributed by atoms with Gasteiger partial charge in [-0.3, -0.25) is 0 Å². The predicted molar refractivity (Wildman–Crippen MR) is 39.3 cm³/mol. The van der Waals surface area contributed by atoms with Gasteiger partial charge in [0.25, 0.3) is 0 Å². The van der Waals surface area contributed by atoms with Crippen LogP contribution in [-0.2, 0) is 9.47 Å². The minimum Gasteiger partial charge on any atom is -0.348 e. The summed E-state index contributed by atoms with van der Waals surface area (Å²) < 4.78 is 10.2. The summed E-state index contributed by atoms with van der Waals surface area (Å²) in [6, 6.07) is 0. The van der Waals surface area contributed by atoms with Crippen molar-refractivity contribution in [1.82, 2.24) is 0 Å². The first kappa shape index (κ1) is 8.02. The summed E-state index contributed by atoms with van der Waals surface area (Å²) in [5, 5.41) is 0. The molecule has 1 fully saturated rings. The lowest BCUT2D eigenvalue weighted by molar-refractivity contribution is -0.0144. The predicted octanol–water partition coefficient (Wildman–Crippen LogP) is 2.10. The average Bonchev–Trinajstić information content (AvgIpc) is 2.41. The molecule has 1 radical (unpaired) electrons. The van der Waals surface area contributed by atoms with Crippen molar-refractivity contribution in [2.45, 2.75) is 38.7 Å². The highest BCUT2D eigenvalue weighted by Gasteiger charge is 2.14. The molecule has 1 saturated carbocycles. The van der Waals surface area contributed by atoms with Crippen LogP contribution in [0.5, 0.6) is 0 Å². The van der Waals surface area contributed by atoms with Crippen LogP contribution in [0.3, 0.4) is 0 Å². The summed E-state index contributed by atoms with van der Waals surface area (Å²) in [6.07, 6.45) is 5.45. The van der Waals surface area contributed by atoms with E-state index < -0.39 is 0 Å². The van der Waals surface area contributed by atoms with Crippen molar-refractivity contribution in [3.05, 3.63) is 6.79 Å². The SMILES string of the molecule is CCO[CH]OC1CCCC1. The van der Waals surface area contributed by atoms with Gasteiger partial charge in [0.2, 0.25) is 6.79 Å². The van der Waals surface area contributed by atoms with Crippen molar-refractivity contribution in [3.8, 4) is 0 Å². The van der Waals surface area contributed by atoms with Crippen molar-refractivity contribution < 1.29 is 9.47 Å². The van der Waals surface area contributed by atoms with Gasteiger partial charge >= 0.3 is 0 Å². The van der Waals surface area contributed by atoms with Crippen molar-refractivity contribution >= 4 is 0 Å². The summed E-state index contributed by atoms with van der Waals surface area (Å²) >= 11 is 0. The van der Waals surface area contributed by atoms with Gasteiger partial charge in [0.05, 0.1) is 6.10 Å². The second-order valence-corrected chi connectivity index (χ2v) is 2.59. The highest BCUT2D eigenvalue weighted by atomic mass is 16.7. The van der Waals surface area contributed by atoms with Crippen LogP contribution >= 0.6 is 0 Å². The maximum absolute atomic E-state index is 5.30. The van der Waals surface area contributed by atoms with Gasteiger partial charge < -0.3 is 9.47 Å². The minimum atomic E-state index is 0.437. The molecular formula is C8H15O2. The molecule has 10 heavy (non-hydrogen) atoms. The molecule has 0 aromatic heterocycles. The third-order valence-electron chi connectivity index (χ3n) is 1.78. The molecule has 0 unspecified atom stereocenters. The van der Waals surface area contributed by atoms with E-state index in [2.05, 4.69) is 0 Å². The first-order valence-electron chi connectivity index (χ1n) is 4.02. The maximum atomic E-state index is 5.30. The summed E-state index contributed by atoms with van der Waals surface area (Å²) in [6.45, 7) is 4.14. The van der Waals surface area contributed by atoms with Gasteiger partial charge in [0.1, 0.15) is 0 Å². The van der Waals surface area contributed by atoms with Crippen LogP contribution in [0.1, 0.15) is 32.6 Å². The Labute approximate surface area is 62.5 Å². The number of rotatable bonds is 4. The van der Waals surface area contributed by atoms with Crippen LogP contribution in [-0.4, -0.2) is 12.7 Å². The summed E-state index contributed by atoms with van der Waals surface area (Å²) in [4.78, 5) is 0. The van der Waals surface area contributed by atoms with E-state index in [0.717, 1.165) is 0 Å². The molecule has 59 valence electrons. The van der Waals surface area contributed by atoms with Crippen LogP contribution in [0, 0.1) is 6.79 Å². The number of hydrogen-bond donors (Lipinski definition) is 0. The van der Waals surface area contributed by atoms with Gasteiger partial charge in [-0.05, 0) is 19.8 Å². The topological polar surface area (TPSA) is 18.5 Å². The Balaban J connectivity index is 1.91. The normalized spacial score (nSPS) is 20.1. The van der Waals surface area contributed by atoms with Gasteiger partial charge in [-0.15, -0.1) is 0 Å². The van der Waals surface area contributed by atoms with E-state index in [4.69, 9.17) is 9.47 Å². The molecule has 1 rings (SSSR count). The zero-order valence-corrected chi connectivity index (χ0v) is 6.51. The largest absolute Gasteiger partial charge is 0.348 e. The molecule has 0 bridgehead atoms. The molecule has 0 atom stereocenters. The third-order valence-corrected chi connectivity index (χ3v) is 1.78. The van der Waals surface area contributed by atoms with E-state index in [-0.39, 0.29) is 0 Å². The second kappa shape index (κ2) is 4.69. The second-order valence-electron chi connectivity index (χ2n) is 2.59. The molecule has 1 aliphatic carbocycles.